The van der Waals surface area contributed by atoms with Crippen LogP contribution in [-0.4, -0.2) is 31.4 Å². The molecule has 23 heavy (non-hydrogen) atoms. The number of para-hydroxylation sites is 1. The smallest absolute Gasteiger partial charge is 0.319 e. The number of methoxy groups -OCH3 is 1. The summed E-state index contributed by atoms with van der Waals surface area (Å²) in [6.07, 6.45) is 6.51. The Morgan fingerprint density at radius 1 is 1.35 bits per heavy atom. The maximum Gasteiger partial charge on any atom is 0.319 e. The molecule has 0 unspecified atom stereocenters. The topological polar surface area (TPSA) is 59.6 Å². The maximum atomic E-state index is 12.4. The number of hydrogen-bond donors (Lipinski definition) is 2. The van der Waals surface area contributed by atoms with Gasteiger partial charge in [-0.15, -0.1) is 0 Å². The van der Waals surface area contributed by atoms with E-state index in [1.165, 1.54) is 12.8 Å². The molecule has 2 amide bonds. The van der Waals surface area contributed by atoms with E-state index in [9.17, 15) is 4.79 Å². The quantitative estimate of drug-likeness (QED) is 0.895. The molecule has 5 heteroatoms. The first kappa shape index (κ1) is 16.1. The number of aryl methyl sites for hydroxylation is 1. The molecule has 1 aromatic carbocycles. The average molecular weight is 318 g/mol. The molecule has 1 aliphatic heterocycles. The molecular weight excluding hydrogens is 292 g/mol. The van der Waals surface area contributed by atoms with Crippen LogP contribution < -0.4 is 15.4 Å². The van der Waals surface area contributed by atoms with E-state index in [0.717, 1.165) is 43.5 Å². The van der Waals surface area contributed by atoms with Crippen molar-refractivity contribution in [2.24, 2.45) is 0 Å². The van der Waals surface area contributed by atoms with Crippen LogP contribution in [0.5, 0.6) is 5.75 Å². The van der Waals surface area contributed by atoms with Crippen LogP contribution in [0.1, 0.15) is 44.1 Å². The Balaban J connectivity index is 1.61. The summed E-state index contributed by atoms with van der Waals surface area (Å²) < 4.78 is 11.4. The number of rotatable bonds is 3. The summed E-state index contributed by atoms with van der Waals surface area (Å²) in [5.74, 6) is 0.680. The molecule has 126 valence electrons. The molecule has 2 N–H and O–H groups in total. The second kappa shape index (κ2) is 6.79. The largest absolute Gasteiger partial charge is 0.495 e. The summed E-state index contributed by atoms with van der Waals surface area (Å²) in [6.45, 7) is 2.69. The predicted molar refractivity (Wildman–Crippen MR) is 90.1 cm³/mol. The molecule has 0 radical (unpaired) electrons. The van der Waals surface area contributed by atoms with Crippen molar-refractivity contribution in [3.05, 3.63) is 23.8 Å². The number of ether oxygens (including phenoxy) is 2. The lowest BCUT2D eigenvalue weighted by Crippen LogP contribution is -2.48. The van der Waals surface area contributed by atoms with E-state index in [2.05, 4.69) is 10.6 Å². The molecule has 1 aromatic rings. The zero-order valence-electron chi connectivity index (χ0n) is 14.0. The molecule has 1 saturated carbocycles. The van der Waals surface area contributed by atoms with E-state index in [0.29, 0.717) is 5.75 Å². The second-order valence-electron chi connectivity index (χ2n) is 6.68. The van der Waals surface area contributed by atoms with E-state index >= 15 is 0 Å². The number of hydrogen-bond acceptors (Lipinski definition) is 3. The van der Waals surface area contributed by atoms with Crippen molar-refractivity contribution in [1.82, 2.24) is 5.32 Å². The van der Waals surface area contributed by atoms with Gasteiger partial charge in [-0.3, -0.25) is 0 Å². The molecule has 0 aromatic heterocycles. The summed E-state index contributed by atoms with van der Waals surface area (Å²) in [5.41, 5.74) is 1.73. The molecule has 3 rings (SSSR count). The van der Waals surface area contributed by atoms with Gasteiger partial charge in [-0.1, -0.05) is 25.0 Å². The molecule has 0 bridgehead atoms. The summed E-state index contributed by atoms with van der Waals surface area (Å²) >= 11 is 0. The minimum Gasteiger partial charge on any atom is -0.495 e. The predicted octanol–water partition coefficient (Wildman–Crippen LogP) is 3.62. The van der Waals surface area contributed by atoms with Crippen molar-refractivity contribution < 1.29 is 14.3 Å². The highest BCUT2D eigenvalue weighted by atomic mass is 16.5. The van der Waals surface area contributed by atoms with Crippen molar-refractivity contribution in [2.45, 2.75) is 57.1 Å². The van der Waals surface area contributed by atoms with Crippen molar-refractivity contribution in [3.63, 3.8) is 0 Å². The number of benzene rings is 1. The highest BCUT2D eigenvalue weighted by Crippen LogP contribution is 2.40. The third-order valence-corrected chi connectivity index (χ3v) is 5.04. The lowest BCUT2D eigenvalue weighted by Gasteiger charge is -2.38. The Morgan fingerprint density at radius 3 is 2.87 bits per heavy atom. The van der Waals surface area contributed by atoms with Gasteiger partial charge in [0.1, 0.15) is 5.75 Å². The van der Waals surface area contributed by atoms with Gasteiger partial charge in [0.25, 0.3) is 0 Å². The minimum absolute atomic E-state index is 0.0105. The second-order valence-corrected chi connectivity index (χ2v) is 6.68. The molecule has 1 saturated heterocycles. The van der Waals surface area contributed by atoms with Gasteiger partial charge in [0.15, 0.2) is 0 Å². The number of urea groups is 1. The van der Waals surface area contributed by atoms with Crippen LogP contribution >= 0.6 is 0 Å². The SMILES string of the molecule is COc1cccc(C)c1NC(=O)N[C@@H]1CCOC2(CCCC2)C1. The lowest BCUT2D eigenvalue weighted by atomic mass is 9.89. The zero-order valence-corrected chi connectivity index (χ0v) is 14.0. The first-order valence-corrected chi connectivity index (χ1v) is 8.47. The molecule has 2 fully saturated rings. The Kier molecular flexibility index (Phi) is 4.76. The van der Waals surface area contributed by atoms with Crippen molar-refractivity contribution in [2.75, 3.05) is 19.0 Å². The summed E-state index contributed by atoms with van der Waals surface area (Å²) in [6, 6.07) is 5.74. The number of amides is 2. The molecular formula is C18H26N2O3. The van der Waals surface area contributed by atoms with Gasteiger partial charge in [0.05, 0.1) is 18.4 Å². The third kappa shape index (κ3) is 3.61. The van der Waals surface area contributed by atoms with E-state index in [1.807, 2.05) is 25.1 Å². The Labute approximate surface area is 137 Å². The Hall–Kier alpha value is -1.75. The van der Waals surface area contributed by atoms with Gasteiger partial charge in [-0.2, -0.15) is 0 Å². The number of carbonyl (C=O) groups excluding carboxylic acids is 1. The van der Waals surface area contributed by atoms with Crippen LogP contribution in [0.25, 0.3) is 0 Å². The first-order valence-electron chi connectivity index (χ1n) is 8.47. The van der Waals surface area contributed by atoms with Crippen LogP contribution in [0.4, 0.5) is 10.5 Å². The van der Waals surface area contributed by atoms with Crippen molar-refractivity contribution in [1.29, 1.82) is 0 Å². The van der Waals surface area contributed by atoms with Gasteiger partial charge in [-0.05, 0) is 44.2 Å². The van der Waals surface area contributed by atoms with Crippen LogP contribution in [0.3, 0.4) is 0 Å². The molecule has 5 nitrogen and oxygen atoms in total. The van der Waals surface area contributed by atoms with Crippen LogP contribution in [0.2, 0.25) is 0 Å². The van der Waals surface area contributed by atoms with E-state index in [1.54, 1.807) is 7.11 Å². The highest BCUT2D eigenvalue weighted by molar-refractivity contribution is 5.92. The summed E-state index contributed by atoms with van der Waals surface area (Å²) in [7, 11) is 1.61. The van der Waals surface area contributed by atoms with Gasteiger partial charge in [0.2, 0.25) is 0 Å². The number of nitrogens with one attached hydrogen (secondary N) is 2. The monoisotopic (exact) mass is 318 g/mol. The molecule has 1 heterocycles. The van der Waals surface area contributed by atoms with Crippen molar-refractivity contribution >= 4 is 11.7 Å². The molecule has 1 spiro atoms. The van der Waals surface area contributed by atoms with Gasteiger partial charge < -0.3 is 20.1 Å². The Bertz CT molecular complexity index is 567. The van der Waals surface area contributed by atoms with Gasteiger partial charge >= 0.3 is 6.03 Å². The summed E-state index contributed by atoms with van der Waals surface area (Å²) in [5, 5.41) is 6.05. The lowest BCUT2D eigenvalue weighted by molar-refractivity contribution is -0.0818. The molecule has 1 atom stereocenters. The number of anilines is 1. The van der Waals surface area contributed by atoms with Gasteiger partial charge in [0, 0.05) is 12.6 Å². The van der Waals surface area contributed by atoms with E-state index < -0.39 is 0 Å². The average Bonchev–Trinajstić information content (AvgIpc) is 2.97. The van der Waals surface area contributed by atoms with Crippen LogP contribution in [-0.2, 0) is 4.74 Å². The minimum atomic E-state index is -0.169. The van der Waals surface area contributed by atoms with Crippen LogP contribution in [0, 0.1) is 6.92 Å². The fourth-order valence-electron chi connectivity index (χ4n) is 3.82. The fourth-order valence-corrected chi connectivity index (χ4v) is 3.82. The van der Waals surface area contributed by atoms with Crippen molar-refractivity contribution in [3.8, 4) is 5.75 Å². The Morgan fingerprint density at radius 2 is 2.13 bits per heavy atom. The normalized spacial score (nSPS) is 22.8. The van der Waals surface area contributed by atoms with E-state index in [4.69, 9.17) is 9.47 Å². The maximum absolute atomic E-state index is 12.4. The first-order chi connectivity index (χ1) is 11.1. The molecule has 1 aliphatic carbocycles. The number of carbonyl (C=O) groups is 1. The molecule has 2 aliphatic rings. The fraction of sp³-hybridized carbons (Fsp3) is 0.611. The van der Waals surface area contributed by atoms with Crippen LogP contribution in [0.15, 0.2) is 18.2 Å². The van der Waals surface area contributed by atoms with E-state index in [-0.39, 0.29) is 17.7 Å². The highest BCUT2D eigenvalue weighted by Gasteiger charge is 2.40. The summed E-state index contributed by atoms with van der Waals surface area (Å²) in [4.78, 5) is 12.4. The zero-order chi connectivity index (χ0) is 16.3. The van der Waals surface area contributed by atoms with Gasteiger partial charge in [-0.25, -0.2) is 4.79 Å². The standard InChI is InChI=1S/C18H26N2O3/c1-13-6-5-7-15(22-2)16(13)20-17(21)19-14-8-11-23-18(12-14)9-3-4-10-18/h5-7,14H,3-4,8-12H2,1-2H3,(H2,19,20,21)/t14-/m1/s1. The third-order valence-electron chi connectivity index (χ3n) is 5.04.